The molecule has 2 heterocycles. The Labute approximate surface area is 191 Å². The van der Waals surface area contributed by atoms with E-state index in [1.165, 1.54) is 11.8 Å². The van der Waals surface area contributed by atoms with Crippen molar-refractivity contribution in [1.29, 1.82) is 0 Å². The van der Waals surface area contributed by atoms with Crippen LogP contribution in [-0.2, 0) is 14.1 Å². The van der Waals surface area contributed by atoms with E-state index in [1.54, 1.807) is 13.2 Å². The molecular formula is C17H34ClN2O9PS. The normalized spacial score (nSPS) is 36.0. The van der Waals surface area contributed by atoms with Gasteiger partial charge in [0.15, 0.2) is 0 Å². The fourth-order valence-corrected chi connectivity index (χ4v) is 4.54. The zero-order valence-electron chi connectivity index (χ0n) is 17.7. The summed E-state index contributed by atoms with van der Waals surface area (Å²) >= 11 is 7.51. The van der Waals surface area contributed by atoms with Gasteiger partial charge in [0.25, 0.3) is 0 Å². The number of phosphoric acid groups is 1. The Morgan fingerprint density at radius 2 is 1.84 bits per heavy atom. The minimum absolute atomic E-state index is 0.183. The molecule has 2 aliphatic heterocycles. The summed E-state index contributed by atoms with van der Waals surface area (Å²) in [4.78, 5) is 34.3. The zero-order chi connectivity index (χ0) is 23.9. The van der Waals surface area contributed by atoms with Gasteiger partial charge in [-0.2, -0.15) is 0 Å². The fourth-order valence-electron chi connectivity index (χ4n) is 3.66. The van der Waals surface area contributed by atoms with E-state index in [0.29, 0.717) is 5.92 Å². The quantitative estimate of drug-likeness (QED) is 0.164. The molecule has 0 aliphatic carbocycles. The molecule has 1 amide bonds. The minimum atomic E-state index is -4.64. The van der Waals surface area contributed by atoms with E-state index in [9.17, 15) is 20.1 Å². The van der Waals surface area contributed by atoms with E-state index in [0.717, 1.165) is 25.8 Å². The lowest BCUT2D eigenvalue weighted by Crippen LogP contribution is -2.65. The first-order chi connectivity index (χ1) is 14.3. The molecule has 0 bridgehead atoms. The topological polar surface area (TPSA) is 189 Å². The molecule has 2 aliphatic rings. The monoisotopic (exact) mass is 508 g/mol. The van der Waals surface area contributed by atoms with Crippen molar-refractivity contribution in [3.05, 3.63) is 0 Å². The van der Waals surface area contributed by atoms with Crippen LogP contribution in [0.2, 0.25) is 0 Å². The first kappa shape index (κ1) is 29.1. The average Bonchev–Trinajstić information content (AvgIpc) is 2.69. The van der Waals surface area contributed by atoms with Crippen molar-refractivity contribution in [2.45, 2.75) is 80.4 Å². The maximum atomic E-state index is 12.7. The van der Waals surface area contributed by atoms with Crippen LogP contribution in [0.4, 0.5) is 0 Å². The summed E-state index contributed by atoms with van der Waals surface area (Å²) in [6, 6.07) is -1.00. The number of ether oxygens (including phenoxy) is 1. The van der Waals surface area contributed by atoms with Gasteiger partial charge in [0.05, 0.1) is 17.5 Å². The second-order valence-electron chi connectivity index (χ2n) is 7.71. The van der Waals surface area contributed by atoms with Crippen molar-refractivity contribution in [2.75, 3.05) is 12.8 Å². The number of piperidine rings is 1. The Morgan fingerprint density at radius 3 is 2.32 bits per heavy atom. The molecule has 2 fully saturated rings. The number of alkyl halides is 1. The highest BCUT2D eigenvalue weighted by Crippen LogP contribution is 2.30. The van der Waals surface area contributed by atoms with Crippen molar-refractivity contribution in [3.8, 4) is 0 Å². The SMILES string of the molecule is CC[C@@H]1CCN[C@H](C(=O)N[C@@H]([C@H]2O[C@H](SC)[C@H](O)[C@@H](O)[C@H]2O)[C@H](C)Cl)C1.O=P(O)(O)O. The third kappa shape index (κ3) is 9.42. The highest BCUT2D eigenvalue weighted by atomic mass is 35.5. The van der Waals surface area contributed by atoms with Crippen molar-refractivity contribution in [3.63, 3.8) is 0 Å². The predicted octanol–water partition coefficient (Wildman–Crippen LogP) is -0.881. The number of hydrogen-bond acceptors (Lipinski definition) is 8. The number of aliphatic hydroxyl groups is 3. The Bertz CT molecular complexity index is 604. The van der Waals surface area contributed by atoms with E-state index in [-0.39, 0.29) is 11.9 Å². The van der Waals surface area contributed by atoms with Crippen LogP contribution in [0.1, 0.15) is 33.1 Å². The van der Waals surface area contributed by atoms with Crippen LogP contribution in [-0.4, -0.2) is 96.0 Å². The fraction of sp³-hybridized carbons (Fsp3) is 0.941. The number of rotatable bonds is 6. The Balaban J connectivity index is 0.000000861. The third-order valence-corrected chi connectivity index (χ3v) is 6.53. The summed E-state index contributed by atoms with van der Waals surface area (Å²) < 4.78 is 14.6. The maximum Gasteiger partial charge on any atom is 0.466 e. The van der Waals surface area contributed by atoms with Gasteiger partial charge in [-0.1, -0.05) is 13.3 Å². The van der Waals surface area contributed by atoms with Crippen LogP contribution >= 0.6 is 31.2 Å². The van der Waals surface area contributed by atoms with E-state index in [4.69, 9.17) is 35.6 Å². The Kier molecular flexibility index (Phi) is 12.2. The third-order valence-electron chi connectivity index (χ3n) is 5.40. The predicted molar refractivity (Wildman–Crippen MR) is 117 cm³/mol. The average molecular weight is 509 g/mol. The molecule has 2 rings (SSSR count). The van der Waals surface area contributed by atoms with Crippen LogP contribution in [0.15, 0.2) is 0 Å². The van der Waals surface area contributed by atoms with Gasteiger partial charge in [-0.15, -0.1) is 23.4 Å². The summed E-state index contributed by atoms with van der Waals surface area (Å²) in [7, 11) is -4.64. The number of aliphatic hydroxyl groups excluding tert-OH is 3. The molecule has 0 aromatic heterocycles. The highest BCUT2D eigenvalue weighted by molar-refractivity contribution is 7.99. The Hall–Kier alpha value is 0.0200. The molecule has 184 valence electrons. The molecule has 14 heteroatoms. The number of hydrogen-bond donors (Lipinski definition) is 8. The molecule has 31 heavy (non-hydrogen) atoms. The molecule has 2 saturated heterocycles. The lowest BCUT2D eigenvalue weighted by molar-refractivity contribution is -0.205. The molecule has 9 atom stereocenters. The first-order valence-corrected chi connectivity index (χ1v) is 13.3. The highest BCUT2D eigenvalue weighted by Gasteiger charge is 2.48. The van der Waals surface area contributed by atoms with E-state index < -0.39 is 49.1 Å². The maximum absolute atomic E-state index is 12.7. The van der Waals surface area contributed by atoms with Crippen molar-refractivity contribution in [2.24, 2.45) is 5.92 Å². The van der Waals surface area contributed by atoms with Crippen LogP contribution < -0.4 is 10.6 Å². The van der Waals surface area contributed by atoms with Crippen molar-refractivity contribution >= 4 is 37.1 Å². The molecular weight excluding hydrogens is 475 g/mol. The first-order valence-electron chi connectivity index (χ1n) is 9.98. The second-order valence-corrected chi connectivity index (χ2v) is 10.4. The van der Waals surface area contributed by atoms with Gasteiger partial charge < -0.3 is 45.4 Å². The molecule has 11 nitrogen and oxygen atoms in total. The second kappa shape index (κ2) is 13.0. The number of nitrogens with one attached hydrogen (secondary N) is 2. The summed E-state index contributed by atoms with van der Waals surface area (Å²) in [5.74, 6) is 0.325. The molecule has 0 spiro atoms. The van der Waals surface area contributed by atoms with Gasteiger partial charge in [0.1, 0.15) is 29.9 Å². The van der Waals surface area contributed by atoms with Gasteiger partial charge >= 0.3 is 7.82 Å². The lowest BCUT2D eigenvalue weighted by atomic mass is 9.89. The van der Waals surface area contributed by atoms with Gasteiger partial charge in [-0.05, 0) is 38.5 Å². The lowest BCUT2D eigenvalue weighted by Gasteiger charge is -2.44. The molecule has 0 unspecified atom stereocenters. The van der Waals surface area contributed by atoms with Gasteiger partial charge in [-0.3, -0.25) is 4.79 Å². The van der Waals surface area contributed by atoms with E-state index >= 15 is 0 Å². The zero-order valence-corrected chi connectivity index (χ0v) is 20.1. The molecule has 0 saturated carbocycles. The van der Waals surface area contributed by atoms with E-state index in [2.05, 4.69) is 17.6 Å². The van der Waals surface area contributed by atoms with Crippen LogP contribution in [0, 0.1) is 5.92 Å². The molecule has 0 radical (unpaired) electrons. The van der Waals surface area contributed by atoms with Gasteiger partial charge in [0, 0.05) is 0 Å². The molecule has 8 N–H and O–H groups in total. The number of carbonyl (C=O) groups is 1. The van der Waals surface area contributed by atoms with Crippen LogP contribution in [0.25, 0.3) is 0 Å². The number of carbonyl (C=O) groups excluding carboxylic acids is 1. The van der Waals surface area contributed by atoms with Crippen LogP contribution in [0.5, 0.6) is 0 Å². The minimum Gasteiger partial charge on any atom is -0.388 e. The van der Waals surface area contributed by atoms with Crippen LogP contribution in [0.3, 0.4) is 0 Å². The summed E-state index contributed by atoms with van der Waals surface area (Å²) in [5.41, 5.74) is -0.703. The summed E-state index contributed by atoms with van der Waals surface area (Å²) in [6.07, 6.45) is -0.236. The van der Waals surface area contributed by atoms with E-state index in [1.807, 2.05) is 0 Å². The number of halogens is 1. The number of thioether (sulfide) groups is 1. The smallest absolute Gasteiger partial charge is 0.388 e. The molecule has 0 aromatic rings. The van der Waals surface area contributed by atoms with Gasteiger partial charge in [0.2, 0.25) is 5.91 Å². The van der Waals surface area contributed by atoms with Crippen molar-refractivity contribution in [1.82, 2.24) is 10.6 Å². The van der Waals surface area contributed by atoms with Crippen molar-refractivity contribution < 1.29 is 44.1 Å². The standard InChI is InChI=1S/C17H31ClN2O5S.H3O4P/c1-4-9-5-6-19-10(7-9)16(24)20-11(8(2)18)15-13(22)12(21)14(23)17(25-15)26-3;1-5(2,3)4/h8-15,17,19,21-23H,4-7H2,1-3H3,(H,20,24);(H3,1,2,3,4)/t8-,9+,10-,11+,12-,13+,14+,15+,17+;/m0./s1. The molecule has 0 aromatic carbocycles. The number of amides is 1. The largest absolute Gasteiger partial charge is 0.466 e. The summed E-state index contributed by atoms with van der Waals surface area (Å²) in [6.45, 7) is 4.62. The summed E-state index contributed by atoms with van der Waals surface area (Å²) in [5, 5.41) is 36.1. The van der Waals surface area contributed by atoms with Gasteiger partial charge in [-0.25, -0.2) is 4.57 Å². The Morgan fingerprint density at radius 1 is 1.26 bits per heavy atom.